The summed E-state index contributed by atoms with van der Waals surface area (Å²) in [4.78, 5) is 15.9. The van der Waals surface area contributed by atoms with Gasteiger partial charge in [-0.05, 0) is 61.7 Å². The standard InChI is InChI=1S/C22H18ClFN2OS/c1-14-10-11-19(15(2)12-14)26-22(27)25(20-8-3-4-9-21(20)28-26)13-16-17(23)6-5-7-18(16)24/h3-12H,13H2,1-2H3. The van der Waals surface area contributed by atoms with Crippen molar-refractivity contribution in [3.05, 3.63) is 88.2 Å². The highest BCUT2D eigenvalue weighted by Crippen LogP contribution is 2.43. The Morgan fingerprint density at radius 3 is 2.54 bits per heavy atom. The summed E-state index contributed by atoms with van der Waals surface area (Å²) in [5, 5.41) is 0.307. The Balaban J connectivity index is 1.79. The van der Waals surface area contributed by atoms with Crippen LogP contribution >= 0.6 is 23.5 Å². The van der Waals surface area contributed by atoms with E-state index in [0.29, 0.717) is 10.6 Å². The molecule has 142 valence electrons. The van der Waals surface area contributed by atoms with Gasteiger partial charge in [-0.2, -0.15) is 0 Å². The maximum Gasteiger partial charge on any atom is 0.339 e. The van der Waals surface area contributed by atoms with Crippen molar-refractivity contribution in [1.82, 2.24) is 0 Å². The van der Waals surface area contributed by atoms with E-state index in [9.17, 15) is 9.18 Å². The number of benzene rings is 3. The first-order valence-electron chi connectivity index (χ1n) is 8.84. The summed E-state index contributed by atoms with van der Waals surface area (Å²) in [5.41, 5.74) is 4.01. The highest BCUT2D eigenvalue weighted by Gasteiger charge is 2.33. The average molecular weight is 413 g/mol. The van der Waals surface area contributed by atoms with E-state index >= 15 is 0 Å². The van der Waals surface area contributed by atoms with Crippen LogP contribution in [0.5, 0.6) is 0 Å². The van der Waals surface area contributed by atoms with Crippen LogP contribution < -0.4 is 9.21 Å². The molecule has 0 unspecified atom stereocenters. The summed E-state index contributed by atoms with van der Waals surface area (Å²) in [6.45, 7) is 4.06. The van der Waals surface area contributed by atoms with Gasteiger partial charge in [-0.1, -0.05) is 47.5 Å². The fourth-order valence-electron chi connectivity index (χ4n) is 3.29. The summed E-state index contributed by atoms with van der Waals surface area (Å²) < 4.78 is 16.1. The molecular formula is C22H18ClFN2OS. The Bertz CT molecular complexity index is 1050. The maximum absolute atomic E-state index is 14.4. The number of amides is 2. The molecule has 0 aromatic heterocycles. The van der Waals surface area contributed by atoms with Crippen molar-refractivity contribution in [2.24, 2.45) is 0 Å². The van der Waals surface area contributed by atoms with E-state index in [1.165, 1.54) is 18.0 Å². The highest BCUT2D eigenvalue weighted by atomic mass is 35.5. The molecule has 0 radical (unpaired) electrons. The van der Waals surface area contributed by atoms with Crippen LogP contribution in [-0.4, -0.2) is 6.03 Å². The zero-order chi connectivity index (χ0) is 19.8. The summed E-state index contributed by atoms with van der Waals surface area (Å²) in [5.74, 6) is -0.422. The van der Waals surface area contributed by atoms with Crippen molar-refractivity contribution >= 4 is 41.0 Å². The average Bonchev–Trinajstić information content (AvgIpc) is 2.66. The quantitative estimate of drug-likeness (QED) is 0.444. The first-order valence-corrected chi connectivity index (χ1v) is 9.99. The third kappa shape index (κ3) is 3.36. The molecular weight excluding hydrogens is 395 g/mol. The van der Waals surface area contributed by atoms with Gasteiger partial charge in [-0.25, -0.2) is 13.5 Å². The van der Waals surface area contributed by atoms with E-state index in [1.807, 2.05) is 56.3 Å². The van der Waals surface area contributed by atoms with Crippen LogP contribution in [0.1, 0.15) is 16.7 Å². The number of anilines is 2. The van der Waals surface area contributed by atoms with Gasteiger partial charge < -0.3 is 0 Å². The Hall–Kier alpha value is -2.50. The molecule has 3 nitrogen and oxygen atoms in total. The molecule has 0 aliphatic carbocycles. The highest BCUT2D eigenvalue weighted by molar-refractivity contribution is 8.01. The van der Waals surface area contributed by atoms with E-state index in [2.05, 4.69) is 0 Å². The third-order valence-electron chi connectivity index (χ3n) is 4.70. The largest absolute Gasteiger partial charge is 0.339 e. The van der Waals surface area contributed by atoms with Crippen molar-refractivity contribution in [1.29, 1.82) is 0 Å². The molecule has 0 spiro atoms. The molecule has 0 saturated carbocycles. The van der Waals surface area contributed by atoms with Gasteiger partial charge in [0.1, 0.15) is 5.82 Å². The van der Waals surface area contributed by atoms with Crippen LogP contribution in [0.2, 0.25) is 5.02 Å². The molecule has 0 N–H and O–H groups in total. The minimum absolute atomic E-state index is 0.0589. The lowest BCUT2D eigenvalue weighted by Crippen LogP contribution is -2.43. The summed E-state index contributed by atoms with van der Waals surface area (Å²) in [6, 6.07) is 17.9. The number of fused-ring (bicyclic) bond motifs is 1. The number of halogens is 2. The second kappa shape index (κ2) is 7.49. The fourth-order valence-corrected chi connectivity index (χ4v) is 4.60. The number of carbonyl (C=O) groups is 1. The van der Waals surface area contributed by atoms with Gasteiger partial charge in [-0.15, -0.1) is 0 Å². The van der Waals surface area contributed by atoms with Crippen LogP contribution in [0.15, 0.2) is 65.6 Å². The Morgan fingerprint density at radius 1 is 1.00 bits per heavy atom. The van der Waals surface area contributed by atoms with Gasteiger partial charge in [0.05, 0.1) is 22.8 Å². The van der Waals surface area contributed by atoms with Crippen LogP contribution in [0.3, 0.4) is 0 Å². The number of carbonyl (C=O) groups excluding carboxylic acids is 1. The van der Waals surface area contributed by atoms with E-state index in [0.717, 1.165) is 27.4 Å². The predicted molar refractivity (Wildman–Crippen MR) is 114 cm³/mol. The lowest BCUT2D eigenvalue weighted by molar-refractivity contribution is 0.254. The van der Waals surface area contributed by atoms with Crippen LogP contribution in [0.4, 0.5) is 20.6 Å². The molecule has 1 aliphatic heterocycles. The first-order chi connectivity index (χ1) is 13.5. The number of para-hydroxylation sites is 1. The van der Waals surface area contributed by atoms with Gasteiger partial charge in [-0.3, -0.25) is 4.90 Å². The smallest absolute Gasteiger partial charge is 0.288 e. The number of urea groups is 1. The molecule has 0 saturated heterocycles. The number of aryl methyl sites for hydroxylation is 2. The van der Waals surface area contributed by atoms with Crippen molar-refractivity contribution in [3.8, 4) is 0 Å². The van der Waals surface area contributed by atoms with Gasteiger partial charge in [0, 0.05) is 10.6 Å². The second-order valence-corrected chi connectivity index (χ2v) is 8.11. The molecule has 0 fully saturated rings. The monoisotopic (exact) mass is 412 g/mol. The fraction of sp³-hybridized carbons (Fsp3) is 0.136. The second-order valence-electron chi connectivity index (χ2n) is 6.71. The molecule has 2 amide bonds. The zero-order valence-corrected chi connectivity index (χ0v) is 17.0. The van der Waals surface area contributed by atoms with E-state index in [1.54, 1.807) is 21.3 Å². The molecule has 3 aromatic carbocycles. The van der Waals surface area contributed by atoms with Crippen LogP contribution in [0, 0.1) is 19.7 Å². The topological polar surface area (TPSA) is 23.6 Å². The van der Waals surface area contributed by atoms with Crippen molar-refractivity contribution < 1.29 is 9.18 Å². The van der Waals surface area contributed by atoms with E-state index in [4.69, 9.17) is 11.6 Å². The van der Waals surface area contributed by atoms with Gasteiger partial charge in [0.15, 0.2) is 0 Å². The molecule has 3 aromatic rings. The van der Waals surface area contributed by atoms with Crippen LogP contribution in [-0.2, 0) is 6.54 Å². The van der Waals surface area contributed by atoms with Crippen LogP contribution in [0.25, 0.3) is 0 Å². The molecule has 4 rings (SSSR count). The number of hydrogen-bond donors (Lipinski definition) is 0. The number of nitrogens with zero attached hydrogens (tertiary/aromatic N) is 2. The zero-order valence-electron chi connectivity index (χ0n) is 15.4. The van der Waals surface area contributed by atoms with Crippen molar-refractivity contribution in [3.63, 3.8) is 0 Å². The minimum atomic E-state index is -0.422. The molecule has 28 heavy (non-hydrogen) atoms. The van der Waals surface area contributed by atoms with Crippen molar-refractivity contribution in [2.75, 3.05) is 9.21 Å². The normalized spacial score (nSPS) is 13.6. The molecule has 1 heterocycles. The van der Waals surface area contributed by atoms with Gasteiger partial charge >= 0.3 is 6.03 Å². The Labute approximate surface area is 172 Å². The van der Waals surface area contributed by atoms with Gasteiger partial charge in [0.2, 0.25) is 0 Å². The maximum atomic E-state index is 14.4. The lowest BCUT2D eigenvalue weighted by Gasteiger charge is -2.36. The van der Waals surface area contributed by atoms with Gasteiger partial charge in [0.25, 0.3) is 0 Å². The summed E-state index contributed by atoms with van der Waals surface area (Å²) >= 11 is 7.60. The minimum Gasteiger partial charge on any atom is -0.288 e. The number of hydrogen-bond acceptors (Lipinski definition) is 2. The number of rotatable bonds is 3. The van der Waals surface area contributed by atoms with Crippen molar-refractivity contribution in [2.45, 2.75) is 25.3 Å². The summed E-state index contributed by atoms with van der Waals surface area (Å²) in [7, 11) is 0. The molecule has 1 aliphatic rings. The Morgan fingerprint density at radius 2 is 1.79 bits per heavy atom. The molecule has 0 atom stereocenters. The summed E-state index contributed by atoms with van der Waals surface area (Å²) in [6.07, 6.45) is 0. The molecule has 6 heteroatoms. The molecule has 0 bridgehead atoms. The predicted octanol–water partition coefficient (Wildman–Crippen LogP) is 6.75. The lowest BCUT2D eigenvalue weighted by atomic mass is 10.1. The third-order valence-corrected chi connectivity index (χ3v) is 6.13. The first kappa shape index (κ1) is 18.8. The SMILES string of the molecule is Cc1ccc(N2Sc3ccccc3N(Cc3c(F)cccc3Cl)C2=O)c(C)c1. The van der Waals surface area contributed by atoms with E-state index in [-0.39, 0.29) is 12.6 Å². The Kier molecular flexibility index (Phi) is 5.04. The van der Waals surface area contributed by atoms with E-state index < -0.39 is 5.82 Å².